The van der Waals surface area contributed by atoms with Crippen LogP contribution in [0, 0.1) is 13.8 Å². The molecule has 2 aliphatic rings. The van der Waals surface area contributed by atoms with Gasteiger partial charge in [-0.1, -0.05) is 30.4 Å². The Labute approximate surface area is 222 Å². The highest BCUT2D eigenvalue weighted by Gasteiger charge is 2.44. The highest BCUT2D eigenvalue weighted by Crippen LogP contribution is 2.47. The van der Waals surface area contributed by atoms with Gasteiger partial charge in [0, 0.05) is 30.8 Å². The number of hydrogen-bond donors (Lipinski definition) is 2. The monoisotopic (exact) mass is 512 g/mol. The first kappa shape index (κ1) is 25.5. The summed E-state index contributed by atoms with van der Waals surface area (Å²) in [5.41, 5.74) is 5.69. The molecule has 38 heavy (non-hydrogen) atoms. The third-order valence-corrected chi connectivity index (χ3v) is 7.73. The highest BCUT2D eigenvalue weighted by molar-refractivity contribution is 5.94. The van der Waals surface area contributed by atoms with Crippen LogP contribution in [0.1, 0.15) is 59.9 Å². The molecule has 1 unspecified atom stereocenters. The number of carbonyl (C=O) groups is 2. The van der Waals surface area contributed by atoms with Crippen molar-refractivity contribution >= 4 is 11.9 Å². The van der Waals surface area contributed by atoms with Gasteiger partial charge in [0.1, 0.15) is 17.8 Å². The van der Waals surface area contributed by atoms with E-state index in [0.717, 1.165) is 46.4 Å². The Kier molecular flexibility index (Phi) is 6.47. The second-order valence-corrected chi connectivity index (χ2v) is 10.5. The molecule has 7 heteroatoms. The molecule has 1 atom stereocenters. The fraction of sp³-hybridized carbons (Fsp3) is 0.323. The van der Waals surface area contributed by atoms with Crippen molar-refractivity contribution in [1.29, 1.82) is 0 Å². The van der Waals surface area contributed by atoms with Crippen molar-refractivity contribution in [2.45, 2.75) is 58.0 Å². The van der Waals surface area contributed by atoms with Crippen LogP contribution in [0.3, 0.4) is 0 Å². The van der Waals surface area contributed by atoms with E-state index in [2.05, 4.69) is 5.10 Å². The molecule has 0 spiro atoms. The summed E-state index contributed by atoms with van der Waals surface area (Å²) < 4.78 is 8.15. The number of hydrogen-bond acceptors (Lipinski definition) is 4. The number of carboxylic acid groups (broad SMARTS) is 2. The highest BCUT2D eigenvalue weighted by atomic mass is 16.5. The van der Waals surface area contributed by atoms with Gasteiger partial charge in [-0.3, -0.25) is 9.48 Å². The number of aryl methyl sites for hydroxylation is 3. The molecule has 0 bridgehead atoms. The lowest BCUT2D eigenvalue weighted by molar-refractivity contribution is -0.142. The van der Waals surface area contributed by atoms with Gasteiger partial charge in [-0.2, -0.15) is 5.10 Å². The minimum absolute atomic E-state index is 0.113. The largest absolute Gasteiger partial charge is 0.489 e. The number of rotatable bonds is 8. The van der Waals surface area contributed by atoms with Gasteiger partial charge in [0.2, 0.25) is 0 Å². The number of nitrogens with zero attached hydrogens (tertiary/aromatic N) is 2. The zero-order chi connectivity index (χ0) is 27.2. The van der Waals surface area contributed by atoms with Gasteiger partial charge >= 0.3 is 11.9 Å². The molecule has 196 valence electrons. The fourth-order valence-corrected chi connectivity index (χ4v) is 5.50. The third kappa shape index (κ3) is 4.53. The summed E-state index contributed by atoms with van der Waals surface area (Å²) in [4.78, 5) is 24.8. The normalized spacial score (nSPS) is 19.1. The van der Waals surface area contributed by atoms with E-state index >= 15 is 0 Å². The van der Waals surface area contributed by atoms with E-state index in [1.54, 1.807) is 23.8 Å². The molecule has 0 saturated heterocycles. The summed E-state index contributed by atoms with van der Waals surface area (Å²) >= 11 is 0. The van der Waals surface area contributed by atoms with Gasteiger partial charge in [0.05, 0.1) is 5.69 Å². The molecule has 7 nitrogen and oxygen atoms in total. The molecule has 2 aromatic carbocycles. The van der Waals surface area contributed by atoms with Gasteiger partial charge in [0.25, 0.3) is 0 Å². The molecule has 0 amide bonds. The Bertz CT molecular complexity index is 1510. The van der Waals surface area contributed by atoms with Crippen LogP contribution in [0.2, 0.25) is 0 Å². The van der Waals surface area contributed by atoms with Crippen LogP contribution in [0.15, 0.2) is 65.9 Å². The minimum Gasteiger partial charge on any atom is -0.489 e. The van der Waals surface area contributed by atoms with Gasteiger partial charge in [0.15, 0.2) is 0 Å². The molecular weight excluding hydrogens is 480 g/mol. The average molecular weight is 513 g/mol. The maximum absolute atomic E-state index is 12.8. The molecule has 5 rings (SSSR count). The van der Waals surface area contributed by atoms with E-state index in [9.17, 15) is 19.8 Å². The van der Waals surface area contributed by atoms with Crippen molar-refractivity contribution in [3.63, 3.8) is 0 Å². The molecule has 1 aromatic heterocycles. The lowest BCUT2D eigenvalue weighted by Gasteiger charge is -2.33. The SMILES string of the molecule is CC1=C(C(=O)O)CC(C(=O)O)(c2cccc(C3CC3)c2COc2ccc(-c3nn(C)cc3C)cc2C)C=C1. The van der Waals surface area contributed by atoms with Crippen molar-refractivity contribution in [2.24, 2.45) is 7.05 Å². The maximum Gasteiger partial charge on any atom is 0.331 e. The molecule has 0 aliphatic heterocycles. The fourth-order valence-electron chi connectivity index (χ4n) is 5.50. The van der Waals surface area contributed by atoms with Crippen molar-refractivity contribution in [1.82, 2.24) is 9.78 Å². The lowest BCUT2D eigenvalue weighted by atomic mass is 9.69. The zero-order valence-corrected chi connectivity index (χ0v) is 22.1. The number of aliphatic carboxylic acids is 2. The zero-order valence-electron chi connectivity index (χ0n) is 22.1. The topological polar surface area (TPSA) is 102 Å². The van der Waals surface area contributed by atoms with E-state index in [4.69, 9.17) is 4.74 Å². The average Bonchev–Trinajstić information content (AvgIpc) is 3.66. The molecule has 0 radical (unpaired) electrons. The quantitative estimate of drug-likeness (QED) is 0.393. The summed E-state index contributed by atoms with van der Waals surface area (Å²) in [6.45, 7) is 5.91. The Morgan fingerprint density at radius 3 is 2.47 bits per heavy atom. The minimum atomic E-state index is -1.48. The molecule has 2 N–H and O–H groups in total. The Morgan fingerprint density at radius 1 is 1.11 bits per heavy atom. The van der Waals surface area contributed by atoms with Crippen molar-refractivity contribution in [3.8, 4) is 17.0 Å². The summed E-state index contributed by atoms with van der Waals surface area (Å²) in [5, 5.41) is 24.8. The number of benzene rings is 2. The third-order valence-electron chi connectivity index (χ3n) is 7.73. The summed E-state index contributed by atoms with van der Waals surface area (Å²) in [6, 6.07) is 11.7. The smallest absolute Gasteiger partial charge is 0.331 e. The van der Waals surface area contributed by atoms with Crippen LogP contribution in [0.5, 0.6) is 5.75 Å². The van der Waals surface area contributed by atoms with Crippen molar-refractivity contribution in [3.05, 3.63) is 93.7 Å². The predicted octanol–water partition coefficient (Wildman–Crippen LogP) is 5.84. The number of aromatic nitrogens is 2. The standard InChI is InChI=1S/C31H32N2O5/c1-18-12-13-31(30(36)37,15-24(18)29(34)35)26-7-5-6-23(21-8-9-21)25(26)17-38-27-11-10-22(14-19(27)2)28-20(3)16-33(4)32-28/h5-7,10-14,16,21H,8-9,15,17H2,1-4H3,(H,34,35)(H,36,37). The summed E-state index contributed by atoms with van der Waals surface area (Å²) in [5.74, 6) is -1.09. The van der Waals surface area contributed by atoms with Crippen molar-refractivity contribution < 1.29 is 24.5 Å². The van der Waals surface area contributed by atoms with Crippen LogP contribution in [0.4, 0.5) is 0 Å². The Hall–Kier alpha value is -4.13. The Balaban J connectivity index is 1.51. The second kappa shape index (κ2) is 9.63. The van der Waals surface area contributed by atoms with Gasteiger partial charge in [-0.05, 0) is 91.1 Å². The van der Waals surface area contributed by atoms with E-state index in [0.29, 0.717) is 22.8 Å². The molecular formula is C31H32N2O5. The number of ether oxygens (including phenoxy) is 1. The van der Waals surface area contributed by atoms with E-state index < -0.39 is 17.4 Å². The molecule has 1 heterocycles. The number of carboxylic acids is 2. The van der Waals surface area contributed by atoms with E-state index in [1.165, 1.54) is 0 Å². The van der Waals surface area contributed by atoms with Gasteiger partial charge in [-0.25, -0.2) is 4.79 Å². The molecule has 2 aliphatic carbocycles. The van der Waals surface area contributed by atoms with E-state index in [-0.39, 0.29) is 18.6 Å². The van der Waals surface area contributed by atoms with Crippen LogP contribution in [-0.4, -0.2) is 31.9 Å². The molecule has 1 fully saturated rings. The second-order valence-electron chi connectivity index (χ2n) is 10.5. The number of allylic oxidation sites excluding steroid dienone is 2. The lowest BCUT2D eigenvalue weighted by Crippen LogP contribution is -2.38. The first-order chi connectivity index (χ1) is 18.1. The van der Waals surface area contributed by atoms with Crippen LogP contribution in [0.25, 0.3) is 11.3 Å². The van der Waals surface area contributed by atoms with Gasteiger partial charge < -0.3 is 14.9 Å². The van der Waals surface area contributed by atoms with Crippen LogP contribution in [-0.2, 0) is 28.7 Å². The first-order valence-electron chi connectivity index (χ1n) is 12.8. The predicted molar refractivity (Wildman–Crippen MR) is 144 cm³/mol. The van der Waals surface area contributed by atoms with E-state index in [1.807, 2.05) is 63.5 Å². The van der Waals surface area contributed by atoms with Gasteiger partial charge in [-0.15, -0.1) is 0 Å². The Morgan fingerprint density at radius 2 is 1.87 bits per heavy atom. The maximum atomic E-state index is 12.8. The van der Waals surface area contributed by atoms with Crippen molar-refractivity contribution in [2.75, 3.05) is 0 Å². The van der Waals surface area contributed by atoms with Crippen LogP contribution >= 0.6 is 0 Å². The molecule has 1 saturated carbocycles. The summed E-state index contributed by atoms with van der Waals surface area (Å²) in [7, 11) is 1.90. The first-order valence-corrected chi connectivity index (χ1v) is 12.8. The molecule has 3 aromatic rings. The summed E-state index contributed by atoms with van der Waals surface area (Å²) in [6.07, 6.45) is 7.22. The van der Waals surface area contributed by atoms with Crippen LogP contribution < -0.4 is 4.74 Å².